The van der Waals surface area contributed by atoms with Gasteiger partial charge in [0.25, 0.3) is 0 Å². The van der Waals surface area contributed by atoms with Crippen molar-refractivity contribution in [3.8, 4) is 0 Å². The highest BCUT2D eigenvalue weighted by Gasteiger charge is 2.26. The number of para-hydroxylation sites is 1. The third-order valence-corrected chi connectivity index (χ3v) is 6.17. The highest BCUT2D eigenvalue weighted by Crippen LogP contribution is 2.22. The molecule has 0 unspecified atom stereocenters. The lowest BCUT2D eigenvalue weighted by Gasteiger charge is -2.29. The molecule has 0 heterocycles. The molecule has 0 saturated carbocycles. The Hall–Kier alpha value is -2.94. The standard InChI is InChI=1S/C23H30FN3O4S/c1-4-25-23(29)18(2)26(17-19-11-6-5-7-12-19)22(28)15-10-16-27(32(3,30)31)21-14-9-8-13-20(21)24/h5-9,11-14,18H,4,10,15-17H2,1-3H3,(H,25,29)/t18-/m0/s1. The topological polar surface area (TPSA) is 86.8 Å². The zero-order valence-corrected chi connectivity index (χ0v) is 19.4. The molecule has 0 fully saturated rings. The number of anilines is 1. The van der Waals surface area contributed by atoms with Crippen molar-refractivity contribution in [2.24, 2.45) is 0 Å². The summed E-state index contributed by atoms with van der Waals surface area (Å²) in [5.41, 5.74) is 0.820. The number of likely N-dealkylation sites (N-methyl/N-ethyl adjacent to an activating group) is 1. The van der Waals surface area contributed by atoms with E-state index in [1.54, 1.807) is 19.9 Å². The molecule has 9 heteroatoms. The van der Waals surface area contributed by atoms with Gasteiger partial charge in [0, 0.05) is 26.1 Å². The highest BCUT2D eigenvalue weighted by molar-refractivity contribution is 7.92. The van der Waals surface area contributed by atoms with Crippen LogP contribution >= 0.6 is 0 Å². The molecule has 174 valence electrons. The zero-order chi connectivity index (χ0) is 23.7. The van der Waals surface area contributed by atoms with Crippen LogP contribution < -0.4 is 9.62 Å². The molecule has 0 aliphatic rings. The molecule has 2 amide bonds. The van der Waals surface area contributed by atoms with Crippen molar-refractivity contribution < 1.29 is 22.4 Å². The average Bonchev–Trinajstić information content (AvgIpc) is 2.75. The molecular weight excluding hydrogens is 433 g/mol. The van der Waals surface area contributed by atoms with Crippen LogP contribution in [0.25, 0.3) is 0 Å². The van der Waals surface area contributed by atoms with Crippen LogP contribution in [0.15, 0.2) is 54.6 Å². The van der Waals surface area contributed by atoms with Gasteiger partial charge in [0.2, 0.25) is 21.8 Å². The zero-order valence-electron chi connectivity index (χ0n) is 18.6. The van der Waals surface area contributed by atoms with Gasteiger partial charge in [-0.15, -0.1) is 0 Å². The first-order chi connectivity index (χ1) is 15.1. The number of nitrogens with one attached hydrogen (secondary N) is 1. The Kier molecular flexibility index (Phi) is 9.19. The van der Waals surface area contributed by atoms with E-state index in [1.165, 1.54) is 23.1 Å². The molecule has 1 atom stereocenters. The highest BCUT2D eigenvalue weighted by atomic mass is 32.2. The normalized spacial score (nSPS) is 12.1. The van der Waals surface area contributed by atoms with Crippen LogP contribution in [0.3, 0.4) is 0 Å². The van der Waals surface area contributed by atoms with E-state index < -0.39 is 21.9 Å². The Labute approximate surface area is 189 Å². The number of carbonyl (C=O) groups is 2. The largest absolute Gasteiger partial charge is 0.355 e. The summed E-state index contributed by atoms with van der Waals surface area (Å²) in [6, 6.07) is 14.2. The SMILES string of the molecule is CCNC(=O)[C@H](C)N(Cc1ccccc1)C(=O)CCCN(c1ccccc1F)S(C)(=O)=O. The lowest BCUT2D eigenvalue weighted by Crippen LogP contribution is -2.47. The van der Waals surface area contributed by atoms with Gasteiger partial charge in [-0.3, -0.25) is 13.9 Å². The second-order valence-corrected chi connectivity index (χ2v) is 9.37. The Morgan fingerprint density at radius 2 is 1.69 bits per heavy atom. The minimum absolute atomic E-state index is 0.0110. The van der Waals surface area contributed by atoms with E-state index >= 15 is 0 Å². The summed E-state index contributed by atoms with van der Waals surface area (Å²) in [7, 11) is -3.74. The van der Waals surface area contributed by atoms with Crippen molar-refractivity contribution in [1.29, 1.82) is 0 Å². The molecular formula is C23H30FN3O4S. The molecule has 2 aromatic rings. The Bertz CT molecular complexity index is 1010. The fourth-order valence-electron chi connectivity index (χ4n) is 3.32. The number of amides is 2. The van der Waals surface area contributed by atoms with Crippen LogP contribution in [0, 0.1) is 5.82 Å². The summed E-state index contributed by atoms with van der Waals surface area (Å²) in [5, 5.41) is 2.73. The first-order valence-electron chi connectivity index (χ1n) is 10.5. The Morgan fingerprint density at radius 1 is 1.06 bits per heavy atom. The second-order valence-electron chi connectivity index (χ2n) is 7.47. The molecule has 2 rings (SSSR count). The maximum Gasteiger partial charge on any atom is 0.242 e. The van der Waals surface area contributed by atoms with Gasteiger partial charge >= 0.3 is 0 Å². The molecule has 0 spiro atoms. The maximum absolute atomic E-state index is 14.2. The van der Waals surface area contributed by atoms with E-state index in [-0.39, 0.29) is 43.4 Å². The first kappa shape index (κ1) is 25.3. The van der Waals surface area contributed by atoms with Crippen molar-refractivity contribution >= 4 is 27.5 Å². The Balaban J connectivity index is 2.14. The fourth-order valence-corrected chi connectivity index (χ4v) is 4.29. The minimum atomic E-state index is -3.74. The summed E-state index contributed by atoms with van der Waals surface area (Å²) < 4.78 is 39.6. The summed E-state index contributed by atoms with van der Waals surface area (Å²) >= 11 is 0. The molecule has 7 nitrogen and oxygen atoms in total. The predicted octanol–water partition coefficient (Wildman–Crippen LogP) is 2.93. The molecule has 0 saturated heterocycles. The van der Waals surface area contributed by atoms with Gasteiger partial charge in [0.15, 0.2) is 0 Å². The molecule has 0 aromatic heterocycles. The van der Waals surface area contributed by atoms with E-state index in [2.05, 4.69) is 5.32 Å². The lowest BCUT2D eigenvalue weighted by molar-refractivity contribution is -0.140. The summed E-state index contributed by atoms with van der Waals surface area (Å²) in [6.07, 6.45) is 1.19. The number of halogens is 1. The molecule has 2 aromatic carbocycles. The third-order valence-electron chi connectivity index (χ3n) is 4.99. The molecule has 0 bridgehead atoms. The number of carbonyl (C=O) groups excluding carboxylic acids is 2. The van der Waals surface area contributed by atoms with Crippen molar-refractivity contribution in [2.45, 2.75) is 39.3 Å². The number of benzene rings is 2. The van der Waals surface area contributed by atoms with E-state index in [9.17, 15) is 22.4 Å². The second kappa shape index (κ2) is 11.6. The monoisotopic (exact) mass is 463 g/mol. The van der Waals surface area contributed by atoms with Gasteiger partial charge in [-0.25, -0.2) is 12.8 Å². The first-order valence-corrected chi connectivity index (χ1v) is 12.3. The van der Waals surface area contributed by atoms with Gasteiger partial charge in [-0.05, 0) is 38.0 Å². The van der Waals surface area contributed by atoms with Crippen LogP contribution in [-0.2, 0) is 26.2 Å². The lowest BCUT2D eigenvalue weighted by atomic mass is 10.1. The molecule has 1 N–H and O–H groups in total. The van der Waals surface area contributed by atoms with Crippen molar-refractivity contribution in [2.75, 3.05) is 23.7 Å². The van der Waals surface area contributed by atoms with Crippen LogP contribution in [0.5, 0.6) is 0 Å². The van der Waals surface area contributed by atoms with E-state index in [0.29, 0.717) is 6.54 Å². The van der Waals surface area contributed by atoms with Crippen LogP contribution in [0.4, 0.5) is 10.1 Å². The van der Waals surface area contributed by atoms with E-state index in [0.717, 1.165) is 16.1 Å². The van der Waals surface area contributed by atoms with Crippen molar-refractivity contribution in [1.82, 2.24) is 10.2 Å². The molecule has 0 aliphatic heterocycles. The quantitative estimate of drug-likeness (QED) is 0.555. The summed E-state index contributed by atoms with van der Waals surface area (Å²) in [6.45, 7) is 4.11. The van der Waals surface area contributed by atoms with E-state index in [1.807, 2.05) is 30.3 Å². The summed E-state index contributed by atoms with van der Waals surface area (Å²) in [5.74, 6) is -1.20. The number of rotatable bonds is 11. The smallest absolute Gasteiger partial charge is 0.242 e. The number of sulfonamides is 1. The number of nitrogens with zero attached hydrogens (tertiary/aromatic N) is 2. The fraction of sp³-hybridized carbons (Fsp3) is 0.391. The van der Waals surface area contributed by atoms with Gasteiger partial charge in [-0.2, -0.15) is 0 Å². The van der Waals surface area contributed by atoms with Crippen molar-refractivity contribution in [3.63, 3.8) is 0 Å². The van der Waals surface area contributed by atoms with E-state index in [4.69, 9.17) is 0 Å². The van der Waals surface area contributed by atoms with Gasteiger partial charge in [0.05, 0.1) is 11.9 Å². The van der Waals surface area contributed by atoms with Gasteiger partial charge < -0.3 is 10.2 Å². The van der Waals surface area contributed by atoms with Crippen molar-refractivity contribution in [3.05, 3.63) is 66.0 Å². The Morgan fingerprint density at radius 3 is 2.28 bits per heavy atom. The third kappa shape index (κ3) is 7.05. The molecule has 0 aliphatic carbocycles. The maximum atomic E-state index is 14.2. The summed E-state index contributed by atoms with van der Waals surface area (Å²) in [4.78, 5) is 26.9. The number of hydrogen-bond acceptors (Lipinski definition) is 4. The van der Waals surface area contributed by atoms with Gasteiger partial charge in [0.1, 0.15) is 11.9 Å². The number of hydrogen-bond donors (Lipinski definition) is 1. The van der Waals surface area contributed by atoms with Crippen LogP contribution in [-0.4, -0.2) is 50.5 Å². The minimum Gasteiger partial charge on any atom is -0.355 e. The molecule has 32 heavy (non-hydrogen) atoms. The predicted molar refractivity (Wildman–Crippen MR) is 123 cm³/mol. The van der Waals surface area contributed by atoms with Crippen LogP contribution in [0.2, 0.25) is 0 Å². The van der Waals surface area contributed by atoms with Crippen LogP contribution in [0.1, 0.15) is 32.3 Å². The van der Waals surface area contributed by atoms with Gasteiger partial charge in [-0.1, -0.05) is 42.5 Å². The average molecular weight is 464 g/mol. The molecule has 0 radical (unpaired) electrons.